The number of likely N-dealkylation sites (N-methyl/N-ethyl adjacent to an activating group) is 1. The predicted octanol–water partition coefficient (Wildman–Crippen LogP) is 0.315. The normalized spacial score (nSPS) is 29.0. The molecule has 0 aromatic heterocycles. The molecule has 0 amide bonds. The van der Waals surface area contributed by atoms with Crippen molar-refractivity contribution in [3.05, 3.63) is 0 Å². The van der Waals surface area contributed by atoms with E-state index in [0.717, 1.165) is 13.2 Å². The molecular formula is C9H20N2O. The highest BCUT2D eigenvalue weighted by Crippen LogP contribution is 2.22. The van der Waals surface area contributed by atoms with E-state index >= 15 is 0 Å². The molecule has 1 fully saturated rings. The number of nitrogens with zero attached hydrogens (tertiary/aromatic N) is 1. The third-order valence-electron chi connectivity index (χ3n) is 2.40. The molecule has 1 N–H and O–H groups in total. The van der Waals surface area contributed by atoms with Gasteiger partial charge >= 0.3 is 0 Å². The van der Waals surface area contributed by atoms with Crippen LogP contribution in [0.2, 0.25) is 0 Å². The molecule has 12 heavy (non-hydrogen) atoms. The first-order valence-corrected chi connectivity index (χ1v) is 4.66. The molecule has 0 aromatic rings. The van der Waals surface area contributed by atoms with Crippen LogP contribution in [0.5, 0.6) is 0 Å². The van der Waals surface area contributed by atoms with Crippen molar-refractivity contribution in [2.75, 3.05) is 34.3 Å². The van der Waals surface area contributed by atoms with Gasteiger partial charge in [0, 0.05) is 12.6 Å². The Morgan fingerprint density at radius 3 is 2.58 bits per heavy atom. The summed E-state index contributed by atoms with van der Waals surface area (Å²) >= 11 is 0. The van der Waals surface area contributed by atoms with Crippen molar-refractivity contribution in [2.45, 2.75) is 25.0 Å². The van der Waals surface area contributed by atoms with E-state index in [1.165, 1.54) is 12.8 Å². The maximum Gasteiger partial charge on any atom is 0.0605 e. The summed E-state index contributed by atoms with van der Waals surface area (Å²) in [7, 11) is 6.15. The van der Waals surface area contributed by atoms with Crippen LogP contribution in [-0.4, -0.2) is 51.3 Å². The molecule has 0 aromatic carbocycles. The van der Waals surface area contributed by atoms with Crippen molar-refractivity contribution in [3.8, 4) is 0 Å². The van der Waals surface area contributed by atoms with Gasteiger partial charge in [0.15, 0.2) is 0 Å². The van der Waals surface area contributed by atoms with Crippen LogP contribution in [0.4, 0.5) is 0 Å². The minimum absolute atomic E-state index is 0.516. The van der Waals surface area contributed by atoms with E-state index in [1.54, 1.807) is 0 Å². The average Bonchev–Trinajstić information content (AvgIpc) is 1.93. The molecule has 0 aliphatic heterocycles. The maximum atomic E-state index is 5.64. The summed E-state index contributed by atoms with van der Waals surface area (Å²) in [6.07, 6.45) is 2.89. The van der Waals surface area contributed by atoms with Crippen LogP contribution >= 0.6 is 0 Å². The fourth-order valence-corrected chi connectivity index (χ4v) is 1.34. The number of hydrogen-bond donors (Lipinski definition) is 1. The van der Waals surface area contributed by atoms with Gasteiger partial charge in [0.05, 0.1) is 12.7 Å². The maximum absolute atomic E-state index is 5.64. The highest BCUT2D eigenvalue weighted by atomic mass is 16.5. The van der Waals surface area contributed by atoms with Gasteiger partial charge in [0.25, 0.3) is 0 Å². The van der Waals surface area contributed by atoms with Crippen LogP contribution in [0, 0.1) is 0 Å². The number of ether oxygens (including phenoxy) is 1. The minimum atomic E-state index is 0.516. The van der Waals surface area contributed by atoms with E-state index in [-0.39, 0.29) is 0 Å². The zero-order valence-corrected chi connectivity index (χ0v) is 8.34. The second-order valence-electron chi connectivity index (χ2n) is 3.75. The molecule has 1 aliphatic carbocycles. The van der Waals surface area contributed by atoms with E-state index in [1.807, 2.05) is 7.05 Å². The number of rotatable bonds is 5. The standard InChI is InChI=1S/C9H20N2O/c1-10-8-6-9(7-8)12-5-4-11(2)3/h8-10H,4-7H2,1-3H3/t8-,9+. The van der Waals surface area contributed by atoms with Crippen LogP contribution < -0.4 is 5.32 Å². The number of nitrogens with one attached hydrogen (secondary N) is 1. The number of hydrogen-bond acceptors (Lipinski definition) is 3. The van der Waals surface area contributed by atoms with Crippen LogP contribution in [0.15, 0.2) is 0 Å². The molecule has 0 spiro atoms. The smallest absolute Gasteiger partial charge is 0.0605 e. The summed E-state index contributed by atoms with van der Waals surface area (Å²) in [4.78, 5) is 2.15. The van der Waals surface area contributed by atoms with Gasteiger partial charge in [0.2, 0.25) is 0 Å². The molecule has 0 heterocycles. The average molecular weight is 172 g/mol. The van der Waals surface area contributed by atoms with Crippen molar-refractivity contribution in [3.63, 3.8) is 0 Å². The predicted molar refractivity (Wildman–Crippen MR) is 50.4 cm³/mol. The molecule has 1 aliphatic rings. The Hall–Kier alpha value is -0.120. The molecule has 0 unspecified atom stereocenters. The Bertz CT molecular complexity index is 122. The largest absolute Gasteiger partial charge is 0.377 e. The summed E-state index contributed by atoms with van der Waals surface area (Å²) in [6, 6.07) is 0.703. The van der Waals surface area contributed by atoms with E-state index < -0.39 is 0 Å². The Balaban J connectivity index is 1.90. The highest BCUT2D eigenvalue weighted by molar-refractivity contribution is 4.84. The van der Waals surface area contributed by atoms with Crippen molar-refractivity contribution in [2.24, 2.45) is 0 Å². The van der Waals surface area contributed by atoms with Crippen molar-refractivity contribution < 1.29 is 4.74 Å². The van der Waals surface area contributed by atoms with E-state index in [0.29, 0.717) is 12.1 Å². The van der Waals surface area contributed by atoms with E-state index in [4.69, 9.17) is 4.74 Å². The molecule has 0 saturated heterocycles. The van der Waals surface area contributed by atoms with Crippen molar-refractivity contribution >= 4 is 0 Å². The summed E-state index contributed by atoms with van der Waals surface area (Å²) in [5, 5.41) is 3.24. The van der Waals surface area contributed by atoms with E-state index in [9.17, 15) is 0 Å². The first-order valence-electron chi connectivity index (χ1n) is 4.66. The van der Waals surface area contributed by atoms with Crippen LogP contribution in [0.3, 0.4) is 0 Å². The van der Waals surface area contributed by atoms with Gasteiger partial charge in [-0.2, -0.15) is 0 Å². The topological polar surface area (TPSA) is 24.5 Å². The molecule has 0 radical (unpaired) electrons. The summed E-state index contributed by atoms with van der Waals surface area (Å²) < 4.78 is 5.64. The van der Waals surface area contributed by atoms with Crippen molar-refractivity contribution in [1.29, 1.82) is 0 Å². The molecule has 1 saturated carbocycles. The molecule has 0 atom stereocenters. The van der Waals surface area contributed by atoms with Crippen LogP contribution in [-0.2, 0) is 4.74 Å². The lowest BCUT2D eigenvalue weighted by Gasteiger charge is -2.35. The van der Waals surface area contributed by atoms with Gasteiger partial charge < -0.3 is 15.0 Å². The fraction of sp³-hybridized carbons (Fsp3) is 1.00. The Morgan fingerprint density at radius 1 is 1.42 bits per heavy atom. The lowest BCUT2D eigenvalue weighted by molar-refractivity contribution is -0.0194. The second kappa shape index (κ2) is 4.80. The van der Waals surface area contributed by atoms with Gasteiger partial charge in [-0.1, -0.05) is 0 Å². The summed E-state index contributed by atoms with van der Waals surface area (Å²) in [5.41, 5.74) is 0. The van der Waals surface area contributed by atoms with Gasteiger partial charge in [-0.15, -0.1) is 0 Å². The fourth-order valence-electron chi connectivity index (χ4n) is 1.34. The van der Waals surface area contributed by atoms with Gasteiger partial charge in [0.1, 0.15) is 0 Å². The first-order chi connectivity index (χ1) is 5.72. The van der Waals surface area contributed by atoms with E-state index in [2.05, 4.69) is 24.3 Å². The first kappa shape index (κ1) is 9.96. The Labute approximate surface area is 75.1 Å². The summed E-state index contributed by atoms with van der Waals surface area (Å²) in [6.45, 7) is 1.90. The SMILES string of the molecule is CN[C@H]1C[C@@H](OCCN(C)C)C1. The lowest BCUT2D eigenvalue weighted by Crippen LogP contribution is -2.44. The lowest BCUT2D eigenvalue weighted by atomic mass is 9.89. The zero-order valence-electron chi connectivity index (χ0n) is 8.34. The molecule has 72 valence electrons. The molecule has 3 heteroatoms. The Kier molecular flexibility index (Phi) is 3.98. The molecule has 1 rings (SSSR count). The third-order valence-corrected chi connectivity index (χ3v) is 2.40. The monoisotopic (exact) mass is 172 g/mol. The third kappa shape index (κ3) is 3.09. The molecule has 0 bridgehead atoms. The van der Waals surface area contributed by atoms with Gasteiger partial charge in [-0.05, 0) is 34.0 Å². The zero-order chi connectivity index (χ0) is 8.97. The van der Waals surface area contributed by atoms with Gasteiger partial charge in [-0.3, -0.25) is 0 Å². The molecular weight excluding hydrogens is 152 g/mol. The second-order valence-corrected chi connectivity index (χ2v) is 3.75. The summed E-state index contributed by atoms with van der Waals surface area (Å²) in [5.74, 6) is 0. The van der Waals surface area contributed by atoms with Crippen LogP contribution in [0.1, 0.15) is 12.8 Å². The molecule has 3 nitrogen and oxygen atoms in total. The van der Waals surface area contributed by atoms with Crippen LogP contribution in [0.25, 0.3) is 0 Å². The minimum Gasteiger partial charge on any atom is -0.377 e. The quantitative estimate of drug-likeness (QED) is 0.646. The van der Waals surface area contributed by atoms with Crippen molar-refractivity contribution in [1.82, 2.24) is 10.2 Å². The highest BCUT2D eigenvalue weighted by Gasteiger charge is 2.27. The Morgan fingerprint density at radius 2 is 2.08 bits per heavy atom. The van der Waals surface area contributed by atoms with Gasteiger partial charge in [-0.25, -0.2) is 0 Å².